The maximum atomic E-state index is 7.12. The predicted octanol–water partition coefficient (Wildman–Crippen LogP) is 5.46. The summed E-state index contributed by atoms with van der Waals surface area (Å²) in [6.07, 6.45) is 2.77. The van der Waals surface area contributed by atoms with Gasteiger partial charge < -0.3 is 9.47 Å². The van der Waals surface area contributed by atoms with E-state index in [1.807, 2.05) is 0 Å². The van der Waals surface area contributed by atoms with Crippen molar-refractivity contribution >= 4 is 23.1 Å². The second-order valence-corrected chi connectivity index (χ2v) is 10.8. The number of hydrogen-bond donors (Lipinski definition) is 0. The van der Waals surface area contributed by atoms with Crippen molar-refractivity contribution in [1.82, 2.24) is 0 Å². The summed E-state index contributed by atoms with van der Waals surface area (Å²) < 4.78 is 13.8. The van der Waals surface area contributed by atoms with E-state index in [0.29, 0.717) is 0 Å². The summed E-state index contributed by atoms with van der Waals surface area (Å²) in [6.45, 7) is 0.172. The Bertz CT molecular complexity index is 1750. The van der Waals surface area contributed by atoms with Crippen LogP contribution < -0.4 is 25.9 Å². The molecular formula is C33H19BO2. The van der Waals surface area contributed by atoms with Crippen LogP contribution in [0.2, 0.25) is 0 Å². The van der Waals surface area contributed by atoms with Crippen LogP contribution in [0.15, 0.2) is 78.9 Å². The van der Waals surface area contributed by atoms with Gasteiger partial charge in [0.2, 0.25) is 0 Å². The minimum absolute atomic E-state index is 0.172. The van der Waals surface area contributed by atoms with Crippen LogP contribution in [0.3, 0.4) is 0 Å². The van der Waals surface area contributed by atoms with Crippen molar-refractivity contribution in [3.63, 3.8) is 0 Å². The predicted molar refractivity (Wildman–Crippen MR) is 143 cm³/mol. The van der Waals surface area contributed by atoms with Crippen LogP contribution in [0.4, 0.5) is 0 Å². The van der Waals surface area contributed by atoms with Gasteiger partial charge in [0.15, 0.2) is 0 Å². The Balaban J connectivity index is 1.33. The van der Waals surface area contributed by atoms with E-state index < -0.39 is 0 Å². The summed E-state index contributed by atoms with van der Waals surface area (Å²) in [4.78, 5) is 0. The molecule has 0 bridgehead atoms. The molecule has 2 aliphatic carbocycles. The smallest absolute Gasteiger partial charge is 0.261 e. The Kier molecular flexibility index (Phi) is 2.98. The molecule has 0 saturated heterocycles. The van der Waals surface area contributed by atoms with E-state index in [2.05, 4.69) is 78.9 Å². The number of rotatable bonds is 0. The van der Waals surface area contributed by atoms with Crippen LogP contribution in [-0.2, 0) is 19.3 Å². The molecule has 0 amide bonds. The van der Waals surface area contributed by atoms with E-state index in [4.69, 9.17) is 9.47 Å². The van der Waals surface area contributed by atoms with Gasteiger partial charge in [0.05, 0.1) is 0 Å². The Morgan fingerprint density at radius 3 is 1.92 bits per heavy atom. The first kappa shape index (κ1) is 18.1. The van der Waals surface area contributed by atoms with Crippen molar-refractivity contribution in [2.75, 3.05) is 0 Å². The molecule has 0 saturated carbocycles. The van der Waals surface area contributed by atoms with Crippen LogP contribution in [0.1, 0.15) is 33.4 Å². The minimum Gasteiger partial charge on any atom is -0.458 e. The summed E-state index contributed by atoms with van der Waals surface area (Å²) >= 11 is 0. The van der Waals surface area contributed by atoms with Gasteiger partial charge in [-0.25, -0.2) is 0 Å². The van der Waals surface area contributed by atoms with Crippen molar-refractivity contribution in [3.8, 4) is 45.3 Å². The fourth-order valence-electron chi connectivity index (χ4n) is 7.62. The summed E-state index contributed by atoms with van der Waals surface area (Å²) in [6, 6.07) is 28.9. The monoisotopic (exact) mass is 458 g/mol. The van der Waals surface area contributed by atoms with Crippen LogP contribution >= 0.6 is 0 Å². The quantitative estimate of drug-likeness (QED) is 0.281. The van der Waals surface area contributed by atoms with Gasteiger partial charge in [0.1, 0.15) is 23.0 Å². The van der Waals surface area contributed by atoms with Gasteiger partial charge in [-0.15, -0.1) is 0 Å². The van der Waals surface area contributed by atoms with Crippen LogP contribution in [0, 0.1) is 0 Å². The van der Waals surface area contributed by atoms with E-state index in [1.54, 1.807) is 0 Å². The SMILES string of the molecule is c1ccc2c(c1)Cc1c-2cc2c3c1Oc1c4c(cc5c1B3c1c(cccc1O5)C2)-c1ccccc1C4. The normalized spacial score (nSPS) is 15.3. The van der Waals surface area contributed by atoms with Gasteiger partial charge in [-0.05, 0) is 74.0 Å². The number of benzene rings is 5. The molecule has 0 N–H and O–H groups in total. The molecule has 0 unspecified atom stereocenters. The molecule has 36 heavy (non-hydrogen) atoms. The molecular weight excluding hydrogens is 439 g/mol. The molecule has 5 aromatic carbocycles. The lowest BCUT2D eigenvalue weighted by atomic mass is 9.31. The molecule has 3 aliphatic heterocycles. The third-order valence-electron chi connectivity index (χ3n) is 9.07. The van der Waals surface area contributed by atoms with Crippen molar-refractivity contribution < 1.29 is 9.47 Å². The van der Waals surface area contributed by atoms with E-state index in [9.17, 15) is 0 Å². The highest BCUT2D eigenvalue weighted by atomic mass is 16.5. The number of hydrogen-bond acceptors (Lipinski definition) is 2. The first-order chi connectivity index (χ1) is 17.8. The lowest BCUT2D eigenvalue weighted by Crippen LogP contribution is -2.61. The Morgan fingerprint density at radius 2 is 1.14 bits per heavy atom. The largest absolute Gasteiger partial charge is 0.458 e. The Morgan fingerprint density at radius 1 is 0.472 bits per heavy atom. The third kappa shape index (κ3) is 1.97. The van der Waals surface area contributed by atoms with Gasteiger partial charge in [0.25, 0.3) is 6.71 Å². The molecule has 0 radical (unpaired) electrons. The second kappa shape index (κ2) is 5.94. The van der Waals surface area contributed by atoms with E-state index in [-0.39, 0.29) is 6.71 Å². The molecule has 10 rings (SSSR count). The maximum Gasteiger partial charge on any atom is 0.261 e. The average molecular weight is 458 g/mol. The lowest BCUT2D eigenvalue weighted by molar-refractivity contribution is 0.458. The summed E-state index contributed by atoms with van der Waals surface area (Å²) in [5.74, 6) is 4.10. The van der Waals surface area contributed by atoms with Crippen LogP contribution in [0.5, 0.6) is 23.0 Å². The molecule has 0 spiro atoms. The Labute approximate surface area is 209 Å². The molecule has 5 aliphatic rings. The number of fused-ring (bicyclic) bond motifs is 8. The van der Waals surface area contributed by atoms with Gasteiger partial charge in [-0.1, -0.05) is 66.7 Å². The highest BCUT2D eigenvalue weighted by Gasteiger charge is 2.48. The van der Waals surface area contributed by atoms with Crippen molar-refractivity contribution in [1.29, 1.82) is 0 Å². The number of ether oxygens (including phenoxy) is 2. The third-order valence-corrected chi connectivity index (χ3v) is 9.07. The molecule has 0 fully saturated rings. The van der Waals surface area contributed by atoms with Crippen LogP contribution in [0.25, 0.3) is 22.3 Å². The zero-order valence-corrected chi connectivity index (χ0v) is 19.5. The topological polar surface area (TPSA) is 18.5 Å². The molecule has 2 nitrogen and oxygen atoms in total. The molecule has 166 valence electrons. The molecule has 5 aromatic rings. The highest BCUT2D eigenvalue weighted by molar-refractivity contribution is 6.99. The van der Waals surface area contributed by atoms with Gasteiger partial charge in [-0.2, -0.15) is 0 Å². The summed E-state index contributed by atoms with van der Waals surface area (Å²) in [5.41, 5.74) is 17.4. The minimum atomic E-state index is 0.172. The first-order valence-electron chi connectivity index (χ1n) is 12.9. The summed E-state index contributed by atoms with van der Waals surface area (Å²) in [5, 5.41) is 0. The van der Waals surface area contributed by atoms with Gasteiger partial charge in [0, 0.05) is 29.4 Å². The Hall–Kier alpha value is -4.24. The van der Waals surface area contributed by atoms with Crippen LogP contribution in [-0.4, -0.2) is 6.71 Å². The van der Waals surface area contributed by atoms with Crippen molar-refractivity contribution in [2.45, 2.75) is 19.3 Å². The fourth-order valence-corrected chi connectivity index (χ4v) is 7.62. The van der Waals surface area contributed by atoms with E-state index >= 15 is 0 Å². The molecule has 3 heteroatoms. The average Bonchev–Trinajstić information content (AvgIpc) is 3.47. The van der Waals surface area contributed by atoms with Crippen molar-refractivity contribution in [3.05, 3.63) is 112 Å². The second-order valence-electron chi connectivity index (χ2n) is 10.8. The van der Waals surface area contributed by atoms with Crippen molar-refractivity contribution in [2.24, 2.45) is 0 Å². The zero-order chi connectivity index (χ0) is 23.1. The molecule has 0 aromatic heterocycles. The highest BCUT2D eigenvalue weighted by Crippen LogP contribution is 2.51. The van der Waals surface area contributed by atoms with Gasteiger partial charge >= 0.3 is 0 Å². The maximum absolute atomic E-state index is 7.12. The zero-order valence-electron chi connectivity index (χ0n) is 19.5. The van der Waals surface area contributed by atoms with E-state index in [0.717, 1.165) is 42.3 Å². The van der Waals surface area contributed by atoms with E-state index in [1.165, 1.54) is 72.0 Å². The molecule has 0 atom stereocenters. The fraction of sp³-hybridized carbons (Fsp3) is 0.0909. The molecule has 3 heterocycles. The first-order valence-corrected chi connectivity index (χ1v) is 12.9. The summed E-state index contributed by atoms with van der Waals surface area (Å²) in [7, 11) is 0. The standard InChI is InChI=1S/C33H19BO2/c1-3-9-21-17(6-1)13-25-23(21)15-20-12-19-8-5-11-27-29(19)34-30(20)32(25)36-33-26-14-18-7-2-4-10-22(18)24(26)16-28(35-27)31(33)34/h1-11,15-16H,12-14H2. The lowest BCUT2D eigenvalue weighted by Gasteiger charge is -2.39. The van der Waals surface area contributed by atoms with Gasteiger partial charge in [-0.3, -0.25) is 0 Å².